The van der Waals surface area contributed by atoms with Crippen molar-refractivity contribution in [2.24, 2.45) is 24.9 Å². The summed E-state index contributed by atoms with van der Waals surface area (Å²) in [6.45, 7) is 18.4. The molecule has 0 atom stereocenters. The molecule has 2 aromatic carbocycles. The molecule has 6 aromatic rings. The number of hydrogen-bond acceptors (Lipinski definition) is 7. The molecule has 0 saturated heterocycles. The fourth-order valence-corrected chi connectivity index (χ4v) is 6.40. The van der Waals surface area contributed by atoms with Crippen molar-refractivity contribution in [1.29, 1.82) is 0 Å². The minimum absolute atomic E-state index is 0. The largest absolute Gasteiger partial charge is 2.00 e. The van der Waals surface area contributed by atoms with E-state index in [1.807, 2.05) is 0 Å². The van der Waals surface area contributed by atoms with Crippen LogP contribution >= 0.6 is 0 Å². The molecule has 6 rings (SSSR count). The summed E-state index contributed by atoms with van der Waals surface area (Å²) in [5.74, 6) is -1.91. The molecule has 58 heavy (non-hydrogen) atoms. The molecular weight excluding hydrogens is 823 g/mol. The van der Waals surface area contributed by atoms with Crippen LogP contribution in [-0.4, -0.2) is 69.0 Å². The van der Waals surface area contributed by atoms with Gasteiger partial charge >= 0.3 is 40.4 Å². The summed E-state index contributed by atoms with van der Waals surface area (Å²) in [4.78, 5) is 46.3. The molecule has 4 aromatic heterocycles. The van der Waals surface area contributed by atoms with Crippen LogP contribution in [0.15, 0.2) is 70.3 Å². The van der Waals surface area contributed by atoms with E-state index in [2.05, 4.69) is 51.5 Å². The Morgan fingerprint density at radius 3 is 1.52 bits per heavy atom. The Hall–Kier alpha value is -4.18. The smallest absolute Gasteiger partial charge is 1.00 e. The summed E-state index contributed by atoms with van der Waals surface area (Å²) < 4.78 is 41.1. The number of aliphatic hydroxyl groups is 1. The molecule has 11 nitrogen and oxygen atoms in total. The summed E-state index contributed by atoms with van der Waals surface area (Å²) >= 11 is 0. The standard InChI is InChI=1S/C21H24FN3O3.C21H26FN3O2.CH3.BrH.Mg/c1-6-28-19(26)14-9-7-8-13(17(14)22)15-10-11-16-18(23-15)24(5)20(27)25(16)12-21(2,3)4;1-20(2,3)12-25-16-11-10-15(23-18(16)24(6)19(25)26)13-8-7-9-14(17(13)22)21(4,5)27;;;/h7-11H,6,12H2,1-5H3;7-11,27H,12H2,1-6H3;1H3;1H;/q;;-1;;+2/p-1. The summed E-state index contributed by atoms with van der Waals surface area (Å²) in [6.07, 6.45) is 0. The zero-order valence-electron chi connectivity index (χ0n) is 35.5. The van der Waals surface area contributed by atoms with Gasteiger partial charge in [0.15, 0.2) is 11.3 Å². The van der Waals surface area contributed by atoms with Crippen LogP contribution in [0.25, 0.3) is 44.8 Å². The van der Waals surface area contributed by atoms with Crippen LogP contribution in [0.2, 0.25) is 0 Å². The number of aromatic nitrogens is 6. The third kappa shape index (κ3) is 10.5. The van der Waals surface area contributed by atoms with Gasteiger partial charge in [-0.25, -0.2) is 33.1 Å². The van der Waals surface area contributed by atoms with Crippen molar-refractivity contribution in [3.05, 3.63) is 112 Å². The molecule has 15 heteroatoms. The van der Waals surface area contributed by atoms with E-state index in [0.717, 1.165) is 5.52 Å². The van der Waals surface area contributed by atoms with E-state index in [-0.39, 0.29) is 93.0 Å². The Labute approximate surface area is 365 Å². The maximum atomic E-state index is 15.0. The first-order valence-electron chi connectivity index (χ1n) is 18.1. The van der Waals surface area contributed by atoms with Gasteiger partial charge in [-0.15, -0.1) is 0 Å². The molecule has 0 fully saturated rings. The molecule has 1 N–H and O–H groups in total. The summed E-state index contributed by atoms with van der Waals surface area (Å²) in [6, 6.07) is 16.4. The molecule has 308 valence electrons. The summed E-state index contributed by atoms with van der Waals surface area (Å²) in [5, 5.41) is 10.2. The number of esters is 1. The van der Waals surface area contributed by atoms with E-state index in [0.29, 0.717) is 46.9 Å². The van der Waals surface area contributed by atoms with Gasteiger partial charge in [-0.2, -0.15) is 0 Å². The van der Waals surface area contributed by atoms with Crippen molar-refractivity contribution in [2.75, 3.05) is 6.61 Å². The fourth-order valence-electron chi connectivity index (χ4n) is 6.40. The van der Waals surface area contributed by atoms with Gasteiger partial charge in [0.2, 0.25) is 0 Å². The van der Waals surface area contributed by atoms with E-state index in [1.165, 1.54) is 15.2 Å². The maximum Gasteiger partial charge on any atom is 2.00 e. The molecule has 0 radical (unpaired) electrons. The van der Waals surface area contributed by atoms with Gasteiger partial charge in [0.1, 0.15) is 11.6 Å². The van der Waals surface area contributed by atoms with Crippen LogP contribution in [0, 0.1) is 29.9 Å². The summed E-state index contributed by atoms with van der Waals surface area (Å²) in [5.41, 5.74) is 1.95. The minimum atomic E-state index is -1.30. The maximum absolute atomic E-state index is 15.0. The van der Waals surface area contributed by atoms with Gasteiger partial charge in [0.25, 0.3) is 0 Å². The van der Waals surface area contributed by atoms with Crippen LogP contribution < -0.4 is 28.4 Å². The second-order valence-corrected chi connectivity index (χ2v) is 16.7. The van der Waals surface area contributed by atoms with Gasteiger partial charge in [0.05, 0.1) is 40.2 Å². The zero-order chi connectivity index (χ0) is 40.8. The van der Waals surface area contributed by atoms with Crippen molar-refractivity contribution in [1.82, 2.24) is 28.2 Å². The van der Waals surface area contributed by atoms with Gasteiger partial charge in [-0.1, -0.05) is 59.7 Å². The number of rotatable bonds is 7. The number of carbonyl (C=O) groups excluding carboxylic acids is 1. The summed E-state index contributed by atoms with van der Waals surface area (Å²) in [7, 11) is 3.32. The zero-order valence-corrected chi connectivity index (χ0v) is 38.5. The molecule has 0 aliphatic heterocycles. The third-order valence-electron chi connectivity index (χ3n) is 8.93. The van der Waals surface area contributed by atoms with E-state index < -0.39 is 23.2 Å². The molecule has 0 amide bonds. The van der Waals surface area contributed by atoms with Crippen LogP contribution in [-0.2, 0) is 37.5 Å². The number of ether oxygens (including phenoxy) is 1. The van der Waals surface area contributed by atoms with E-state index in [1.54, 1.807) is 98.6 Å². The Bertz CT molecular complexity index is 2540. The number of pyridine rings is 2. The monoisotopic (exact) mass is 874 g/mol. The van der Waals surface area contributed by atoms with E-state index >= 15 is 0 Å². The number of nitrogens with zero attached hydrogens (tertiary/aromatic N) is 6. The Morgan fingerprint density at radius 2 is 1.12 bits per heavy atom. The number of aryl methyl sites for hydroxylation is 2. The first-order chi connectivity index (χ1) is 25.5. The molecular formula is C43H53BrF2MgN6O5. The number of hydrogen-bond donors (Lipinski definition) is 1. The normalized spacial score (nSPS) is 11.6. The van der Waals surface area contributed by atoms with Gasteiger partial charge in [-0.05, 0) is 74.1 Å². The van der Waals surface area contributed by atoms with Crippen molar-refractivity contribution in [3.8, 4) is 22.5 Å². The quantitative estimate of drug-likeness (QED) is 0.141. The molecule has 4 heterocycles. The second-order valence-electron chi connectivity index (χ2n) is 16.7. The molecule has 0 aliphatic rings. The third-order valence-corrected chi connectivity index (χ3v) is 8.93. The molecule has 0 bridgehead atoms. The predicted molar refractivity (Wildman–Crippen MR) is 223 cm³/mol. The Balaban J connectivity index is 0.000000381. The van der Waals surface area contributed by atoms with E-state index in [4.69, 9.17) is 4.74 Å². The van der Waals surface area contributed by atoms with Crippen molar-refractivity contribution in [2.45, 2.75) is 81.0 Å². The number of imidazole rings is 2. The topological polar surface area (TPSA) is 126 Å². The van der Waals surface area contributed by atoms with E-state index in [9.17, 15) is 28.3 Å². The molecule has 0 saturated carbocycles. The Morgan fingerprint density at radius 1 is 0.707 bits per heavy atom. The van der Waals surface area contributed by atoms with Gasteiger partial charge in [0, 0.05) is 43.9 Å². The number of halogens is 3. The first kappa shape index (κ1) is 50.0. The average Bonchev–Trinajstić information content (AvgIpc) is 3.46. The molecule has 0 aliphatic carbocycles. The number of fused-ring (bicyclic) bond motifs is 2. The molecule has 0 spiro atoms. The fraction of sp³-hybridized carbons (Fsp3) is 0.395. The SMILES string of the molecule is CCOC(=O)c1cccc(-c2ccc3c(n2)n(C)c(=O)n3CC(C)(C)C)c1F.Cn1c(=O)n(CC(C)(C)C)c2ccc(-c3cccc(C(C)(C)O)c3F)nc21.[Br-].[CH3-].[Mg+2]. The average molecular weight is 876 g/mol. The van der Waals surface area contributed by atoms with Crippen LogP contribution in [0.3, 0.4) is 0 Å². The van der Waals surface area contributed by atoms with Crippen molar-refractivity contribution >= 4 is 51.3 Å². The van der Waals surface area contributed by atoms with Gasteiger partial charge in [-0.3, -0.25) is 18.3 Å². The predicted octanol–water partition coefficient (Wildman–Crippen LogP) is 4.65. The number of carbonyl (C=O) groups is 1. The van der Waals surface area contributed by atoms with Crippen molar-refractivity contribution < 1.29 is 40.4 Å². The second kappa shape index (κ2) is 18.8. The molecule has 0 unspecified atom stereocenters. The Kier molecular flexibility index (Phi) is 16.2. The number of benzene rings is 2. The van der Waals surface area contributed by atoms with Crippen molar-refractivity contribution in [3.63, 3.8) is 0 Å². The minimum Gasteiger partial charge on any atom is -1.00 e. The van der Waals surface area contributed by atoms with Crippen LogP contribution in [0.1, 0.15) is 78.2 Å². The first-order valence-corrected chi connectivity index (χ1v) is 18.1. The van der Waals surface area contributed by atoms with Crippen LogP contribution in [0.5, 0.6) is 0 Å². The van der Waals surface area contributed by atoms with Gasteiger partial charge < -0.3 is 34.3 Å². The van der Waals surface area contributed by atoms with Crippen LogP contribution in [0.4, 0.5) is 8.78 Å².